The van der Waals surface area contributed by atoms with E-state index in [-0.39, 0.29) is 0 Å². The normalized spacial score (nSPS) is 18.1. The number of alkyl halides is 3. The molecule has 4 nitrogen and oxygen atoms in total. The Balaban J connectivity index is 1.91. The van der Waals surface area contributed by atoms with Crippen LogP contribution < -0.4 is 4.90 Å². The minimum absolute atomic E-state index is 0.398. The number of aromatic nitrogens is 2. The molecular formula is C11H15F3N4. The van der Waals surface area contributed by atoms with Gasteiger partial charge in [-0.15, -0.1) is 0 Å². The highest BCUT2D eigenvalue weighted by molar-refractivity contribution is 5.36. The quantitative estimate of drug-likeness (QED) is 0.806. The molecule has 100 valence electrons. The van der Waals surface area contributed by atoms with Gasteiger partial charge < -0.3 is 4.90 Å². The molecular weight excluding hydrogens is 245 g/mol. The summed E-state index contributed by atoms with van der Waals surface area (Å²) in [6.45, 7) is 2.91. The van der Waals surface area contributed by atoms with Gasteiger partial charge in [0.25, 0.3) is 0 Å². The van der Waals surface area contributed by atoms with Crippen LogP contribution in [0.5, 0.6) is 0 Å². The Bertz CT molecular complexity index is 400. The number of piperazine rings is 1. The summed E-state index contributed by atoms with van der Waals surface area (Å²) in [5, 5.41) is 0. The molecule has 1 aromatic heterocycles. The molecule has 0 bridgehead atoms. The maximum Gasteiger partial charge on any atom is 0.401 e. The van der Waals surface area contributed by atoms with Gasteiger partial charge in [-0.25, -0.2) is 4.98 Å². The molecule has 0 amide bonds. The van der Waals surface area contributed by atoms with E-state index in [1.54, 1.807) is 12.4 Å². The smallest absolute Gasteiger partial charge is 0.353 e. The van der Waals surface area contributed by atoms with Crippen molar-refractivity contribution < 1.29 is 13.2 Å². The Morgan fingerprint density at radius 1 is 1.17 bits per heavy atom. The summed E-state index contributed by atoms with van der Waals surface area (Å²) in [5.74, 6) is 0.738. The summed E-state index contributed by atoms with van der Waals surface area (Å²) in [5.41, 5.74) is 0.810. The van der Waals surface area contributed by atoms with Crippen LogP contribution in [0.1, 0.15) is 5.69 Å². The van der Waals surface area contributed by atoms with E-state index in [0.29, 0.717) is 26.2 Å². The van der Waals surface area contributed by atoms with E-state index in [1.807, 2.05) is 11.8 Å². The molecule has 1 aliphatic heterocycles. The van der Waals surface area contributed by atoms with Gasteiger partial charge in [-0.05, 0) is 6.92 Å². The van der Waals surface area contributed by atoms with Gasteiger partial charge >= 0.3 is 6.18 Å². The van der Waals surface area contributed by atoms with E-state index >= 15 is 0 Å². The molecule has 0 aliphatic carbocycles. The standard InChI is InChI=1S/C11H15F3N4/c1-9-6-15-7-10(16-9)18-4-2-17(3-5-18)8-11(12,13)14/h6-7H,2-5,8H2,1H3. The van der Waals surface area contributed by atoms with Crippen molar-refractivity contribution in [2.24, 2.45) is 0 Å². The molecule has 0 unspecified atom stereocenters. The van der Waals surface area contributed by atoms with Gasteiger partial charge in [-0.2, -0.15) is 13.2 Å². The predicted molar refractivity (Wildman–Crippen MR) is 61.5 cm³/mol. The zero-order valence-electron chi connectivity index (χ0n) is 10.1. The SMILES string of the molecule is Cc1cncc(N2CCN(CC(F)(F)F)CC2)n1. The third-order valence-corrected chi connectivity index (χ3v) is 2.84. The van der Waals surface area contributed by atoms with Crippen molar-refractivity contribution in [3.8, 4) is 0 Å². The fourth-order valence-corrected chi connectivity index (χ4v) is 1.99. The molecule has 0 atom stereocenters. The molecule has 2 rings (SSSR count). The monoisotopic (exact) mass is 260 g/mol. The van der Waals surface area contributed by atoms with Gasteiger partial charge in [0.05, 0.1) is 18.4 Å². The second-order valence-corrected chi connectivity index (χ2v) is 4.40. The number of nitrogens with zero attached hydrogens (tertiary/aromatic N) is 4. The summed E-state index contributed by atoms with van der Waals surface area (Å²) in [6, 6.07) is 0. The molecule has 1 fully saturated rings. The average Bonchev–Trinajstić information content (AvgIpc) is 2.28. The number of halogens is 3. The molecule has 0 N–H and O–H groups in total. The highest BCUT2D eigenvalue weighted by Crippen LogP contribution is 2.19. The third kappa shape index (κ3) is 3.56. The summed E-state index contributed by atoms with van der Waals surface area (Å²) in [6.07, 6.45) is -0.818. The van der Waals surface area contributed by atoms with Crippen LogP contribution in [-0.2, 0) is 0 Å². The lowest BCUT2D eigenvalue weighted by Crippen LogP contribution is -2.49. The van der Waals surface area contributed by atoms with Crippen molar-refractivity contribution in [2.75, 3.05) is 37.6 Å². The fraction of sp³-hybridized carbons (Fsp3) is 0.636. The molecule has 2 heterocycles. The summed E-state index contributed by atoms with van der Waals surface area (Å²) >= 11 is 0. The zero-order chi connectivity index (χ0) is 13.2. The highest BCUT2D eigenvalue weighted by Gasteiger charge is 2.32. The second kappa shape index (κ2) is 5.09. The first-order chi connectivity index (χ1) is 8.44. The van der Waals surface area contributed by atoms with Crippen molar-refractivity contribution in [3.63, 3.8) is 0 Å². The van der Waals surface area contributed by atoms with E-state index in [0.717, 1.165) is 11.5 Å². The Morgan fingerprint density at radius 2 is 1.83 bits per heavy atom. The van der Waals surface area contributed by atoms with Crippen LogP contribution in [-0.4, -0.2) is 53.8 Å². The van der Waals surface area contributed by atoms with E-state index in [1.165, 1.54) is 4.90 Å². The zero-order valence-corrected chi connectivity index (χ0v) is 10.1. The van der Waals surface area contributed by atoms with Crippen molar-refractivity contribution in [1.82, 2.24) is 14.9 Å². The predicted octanol–water partition coefficient (Wildman–Crippen LogP) is 1.47. The van der Waals surface area contributed by atoms with Crippen LogP contribution >= 0.6 is 0 Å². The topological polar surface area (TPSA) is 32.3 Å². The first kappa shape index (κ1) is 13.1. The Morgan fingerprint density at radius 3 is 2.39 bits per heavy atom. The van der Waals surface area contributed by atoms with Crippen molar-refractivity contribution in [3.05, 3.63) is 18.1 Å². The van der Waals surface area contributed by atoms with Crippen LogP contribution in [0.4, 0.5) is 19.0 Å². The van der Waals surface area contributed by atoms with E-state index in [4.69, 9.17) is 0 Å². The number of anilines is 1. The number of hydrogen-bond donors (Lipinski definition) is 0. The summed E-state index contributed by atoms with van der Waals surface area (Å²) < 4.78 is 36.7. The molecule has 0 aromatic carbocycles. The molecule has 0 saturated carbocycles. The lowest BCUT2D eigenvalue weighted by atomic mass is 10.3. The van der Waals surface area contributed by atoms with Crippen LogP contribution in [0.3, 0.4) is 0 Å². The van der Waals surface area contributed by atoms with Crippen LogP contribution in [0.15, 0.2) is 12.4 Å². The van der Waals surface area contributed by atoms with E-state index in [9.17, 15) is 13.2 Å². The average molecular weight is 260 g/mol. The van der Waals surface area contributed by atoms with E-state index < -0.39 is 12.7 Å². The minimum Gasteiger partial charge on any atom is -0.353 e. The van der Waals surface area contributed by atoms with Gasteiger partial charge in [0.15, 0.2) is 0 Å². The van der Waals surface area contributed by atoms with Crippen molar-refractivity contribution in [1.29, 1.82) is 0 Å². The van der Waals surface area contributed by atoms with Gasteiger partial charge in [0.2, 0.25) is 0 Å². The maximum atomic E-state index is 12.2. The maximum absolute atomic E-state index is 12.2. The van der Waals surface area contributed by atoms with Crippen LogP contribution in [0, 0.1) is 6.92 Å². The van der Waals surface area contributed by atoms with Gasteiger partial charge in [0, 0.05) is 32.4 Å². The molecule has 18 heavy (non-hydrogen) atoms. The fourth-order valence-electron chi connectivity index (χ4n) is 1.99. The molecule has 1 aliphatic rings. The van der Waals surface area contributed by atoms with Gasteiger partial charge in [-0.3, -0.25) is 9.88 Å². The summed E-state index contributed by atoms with van der Waals surface area (Å²) in [7, 11) is 0. The minimum atomic E-state index is -4.12. The lowest BCUT2D eigenvalue weighted by Gasteiger charge is -2.35. The van der Waals surface area contributed by atoms with Crippen molar-refractivity contribution >= 4 is 5.82 Å². The van der Waals surface area contributed by atoms with Gasteiger partial charge in [0.1, 0.15) is 5.82 Å². The number of rotatable bonds is 2. The molecule has 1 saturated heterocycles. The molecule has 7 heteroatoms. The Kier molecular flexibility index (Phi) is 3.70. The third-order valence-electron chi connectivity index (χ3n) is 2.84. The highest BCUT2D eigenvalue weighted by atomic mass is 19.4. The molecule has 1 aromatic rings. The molecule has 0 spiro atoms. The first-order valence-corrected chi connectivity index (χ1v) is 5.77. The largest absolute Gasteiger partial charge is 0.401 e. The number of aryl methyl sites for hydroxylation is 1. The molecule has 0 radical (unpaired) electrons. The van der Waals surface area contributed by atoms with E-state index in [2.05, 4.69) is 9.97 Å². The Hall–Kier alpha value is -1.37. The number of hydrogen-bond acceptors (Lipinski definition) is 4. The van der Waals surface area contributed by atoms with Crippen LogP contribution in [0.25, 0.3) is 0 Å². The summed E-state index contributed by atoms with van der Waals surface area (Å²) in [4.78, 5) is 11.7. The second-order valence-electron chi connectivity index (χ2n) is 4.40. The Labute approximate surface area is 103 Å². The van der Waals surface area contributed by atoms with Gasteiger partial charge in [-0.1, -0.05) is 0 Å². The van der Waals surface area contributed by atoms with Crippen molar-refractivity contribution in [2.45, 2.75) is 13.1 Å². The van der Waals surface area contributed by atoms with Crippen LogP contribution in [0.2, 0.25) is 0 Å². The first-order valence-electron chi connectivity index (χ1n) is 5.77. The lowest BCUT2D eigenvalue weighted by molar-refractivity contribution is -0.146.